The van der Waals surface area contributed by atoms with Gasteiger partial charge < -0.3 is 9.47 Å². The Morgan fingerprint density at radius 2 is 1.81 bits per heavy atom. The van der Waals surface area contributed by atoms with Crippen molar-refractivity contribution >= 4 is 32.6 Å². The van der Waals surface area contributed by atoms with Crippen LogP contribution < -0.4 is 14.4 Å². The van der Waals surface area contributed by atoms with Crippen LogP contribution in [0.25, 0.3) is 10.2 Å². The first-order valence-electron chi connectivity index (χ1n) is 10.2. The summed E-state index contributed by atoms with van der Waals surface area (Å²) in [5.74, 6) is 1.08. The Morgan fingerprint density at radius 3 is 2.61 bits per heavy atom. The van der Waals surface area contributed by atoms with Crippen LogP contribution in [0.2, 0.25) is 0 Å². The Morgan fingerprint density at radius 1 is 1.06 bits per heavy atom. The van der Waals surface area contributed by atoms with Crippen LogP contribution in [0.3, 0.4) is 0 Å². The molecule has 5 nitrogen and oxygen atoms in total. The van der Waals surface area contributed by atoms with Gasteiger partial charge in [0.15, 0.2) is 16.6 Å². The van der Waals surface area contributed by atoms with Crippen LogP contribution in [0.5, 0.6) is 11.5 Å². The molecule has 1 aliphatic rings. The molecule has 1 aromatic heterocycles. The molecule has 1 atom stereocenters. The Kier molecular flexibility index (Phi) is 5.08. The molecule has 5 rings (SSSR count). The highest BCUT2D eigenvalue weighted by Gasteiger charge is 2.33. The third kappa shape index (κ3) is 3.86. The number of aryl methyl sites for hydroxylation is 2. The smallest absolute Gasteiger partial charge is 0.273 e. The van der Waals surface area contributed by atoms with Gasteiger partial charge in [-0.25, -0.2) is 4.98 Å². The maximum absolute atomic E-state index is 13.6. The number of aromatic nitrogens is 1. The van der Waals surface area contributed by atoms with E-state index in [0.29, 0.717) is 23.2 Å². The normalized spacial score (nSPS) is 15.1. The number of benzene rings is 3. The predicted octanol–water partition coefficient (Wildman–Crippen LogP) is 5.29. The summed E-state index contributed by atoms with van der Waals surface area (Å²) in [6.07, 6.45) is -0.728. The number of thiazole rings is 1. The molecule has 0 bridgehead atoms. The summed E-state index contributed by atoms with van der Waals surface area (Å²) in [5, 5.41) is 0.667. The highest BCUT2D eigenvalue weighted by atomic mass is 32.1. The first-order valence-corrected chi connectivity index (χ1v) is 11.0. The molecule has 31 heavy (non-hydrogen) atoms. The van der Waals surface area contributed by atoms with Gasteiger partial charge in [-0.3, -0.25) is 9.69 Å². The van der Waals surface area contributed by atoms with Crippen molar-refractivity contribution in [1.82, 2.24) is 4.98 Å². The molecule has 2 heterocycles. The third-order valence-corrected chi connectivity index (χ3v) is 6.31. The number of amides is 1. The van der Waals surface area contributed by atoms with E-state index in [1.165, 1.54) is 16.9 Å². The van der Waals surface area contributed by atoms with E-state index in [2.05, 4.69) is 26.0 Å². The van der Waals surface area contributed by atoms with Crippen molar-refractivity contribution in [3.05, 3.63) is 83.4 Å². The number of fused-ring (bicyclic) bond motifs is 2. The lowest BCUT2D eigenvalue weighted by Gasteiger charge is -2.29. The zero-order chi connectivity index (χ0) is 21.4. The summed E-state index contributed by atoms with van der Waals surface area (Å²) < 4.78 is 12.9. The number of para-hydroxylation sites is 2. The van der Waals surface area contributed by atoms with Gasteiger partial charge >= 0.3 is 0 Å². The van der Waals surface area contributed by atoms with Gasteiger partial charge in [-0.05, 0) is 48.7 Å². The number of rotatable bonds is 4. The molecule has 1 aliphatic heterocycles. The fraction of sp³-hybridized carbons (Fsp3) is 0.200. The SMILES string of the molecule is Cc1cc(C)c2nc(N(Cc3ccccc3)C(=O)C3COc4ccccc4O3)sc2c1. The largest absolute Gasteiger partial charge is 0.485 e. The van der Waals surface area contributed by atoms with Crippen molar-refractivity contribution in [3.8, 4) is 11.5 Å². The highest BCUT2D eigenvalue weighted by molar-refractivity contribution is 7.22. The Hall–Kier alpha value is -3.38. The van der Waals surface area contributed by atoms with Crippen LogP contribution in [0.15, 0.2) is 66.7 Å². The van der Waals surface area contributed by atoms with Crippen molar-refractivity contribution in [3.63, 3.8) is 0 Å². The quantitative estimate of drug-likeness (QED) is 0.442. The zero-order valence-electron chi connectivity index (χ0n) is 17.4. The number of hydrogen-bond donors (Lipinski definition) is 0. The molecule has 3 aromatic carbocycles. The van der Waals surface area contributed by atoms with E-state index < -0.39 is 6.10 Å². The van der Waals surface area contributed by atoms with Gasteiger partial charge in [-0.2, -0.15) is 0 Å². The molecular weight excluding hydrogens is 408 g/mol. The molecule has 0 spiro atoms. The third-order valence-electron chi connectivity index (χ3n) is 5.28. The van der Waals surface area contributed by atoms with Gasteiger partial charge in [0.2, 0.25) is 6.10 Å². The van der Waals surface area contributed by atoms with Gasteiger partial charge in [0.25, 0.3) is 5.91 Å². The first-order chi connectivity index (χ1) is 15.1. The number of anilines is 1. The van der Waals surface area contributed by atoms with Crippen molar-refractivity contribution < 1.29 is 14.3 Å². The summed E-state index contributed by atoms with van der Waals surface area (Å²) in [6, 6.07) is 21.6. The van der Waals surface area contributed by atoms with E-state index in [-0.39, 0.29) is 12.5 Å². The van der Waals surface area contributed by atoms with E-state index in [4.69, 9.17) is 14.5 Å². The van der Waals surface area contributed by atoms with E-state index in [1.54, 1.807) is 4.90 Å². The summed E-state index contributed by atoms with van der Waals surface area (Å²) in [6.45, 7) is 4.71. The lowest BCUT2D eigenvalue weighted by atomic mass is 10.1. The van der Waals surface area contributed by atoms with E-state index >= 15 is 0 Å². The minimum Gasteiger partial charge on any atom is -0.485 e. The molecule has 1 amide bonds. The van der Waals surface area contributed by atoms with E-state index in [1.807, 2.05) is 54.6 Å². The van der Waals surface area contributed by atoms with Gasteiger partial charge in [0.1, 0.15) is 6.61 Å². The van der Waals surface area contributed by atoms with Crippen LogP contribution in [0, 0.1) is 13.8 Å². The van der Waals surface area contributed by atoms with Crippen molar-refractivity contribution in [1.29, 1.82) is 0 Å². The Labute approximate surface area is 184 Å². The fourth-order valence-corrected chi connectivity index (χ4v) is 4.94. The second-order valence-corrected chi connectivity index (χ2v) is 8.71. The van der Waals surface area contributed by atoms with E-state index in [0.717, 1.165) is 21.3 Å². The number of ether oxygens (including phenoxy) is 2. The second-order valence-electron chi connectivity index (χ2n) is 7.70. The summed E-state index contributed by atoms with van der Waals surface area (Å²) in [5.41, 5.74) is 4.25. The Bertz CT molecular complexity index is 1250. The number of carbonyl (C=O) groups excluding carboxylic acids is 1. The van der Waals surface area contributed by atoms with Crippen molar-refractivity contribution in [2.24, 2.45) is 0 Å². The lowest BCUT2D eigenvalue weighted by molar-refractivity contribution is -0.127. The van der Waals surface area contributed by atoms with Crippen LogP contribution in [-0.4, -0.2) is 23.6 Å². The molecule has 156 valence electrons. The maximum Gasteiger partial charge on any atom is 0.273 e. The molecule has 0 aliphatic carbocycles. The topological polar surface area (TPSA) is 51.7 Å². The Balaban J connectivity index is 1.52. The van der Waals surface area contributed by atoms with Crippen LogP contribution in [0.4, 0.5) is 5.13 Å². The molecule has 6 heteroatoms. The molecule has 0 N–H and O–H groups in total. The highest BCUT2D eigenvalue weighted by Crippen LogP contribution is 2.35. The molecule has 4 aromatic rings. The van der Waals surface area contributed by atoms with Gasteiger partial charge in [0.05, 0.1) is 16.8 Å². The molecular formula is C25H22N2O3S. The summed E-state index contributed by atoms with van der Waals surface area (Å²) in [4.78, 5) is 20.2. The molecule has 0 radical (unpaired) electrons. The van der Waals surface area contributed by atoms with Crippen molar-refractivity contribution in [2.45, 2.75) is 26.5 Å². The average molecular weight is 431 g/mol. The predicted molar refractivity (Wildman–Crippen MR) is 123 cm³/mol. The monoisotopic (exact) mass is 430 g/mol. The lowest BCUT2D eigenvalue weighted by Crippen LogP contribution is -2.46. The fourth-order valence-electron chi connectivity index (χ4n) is 3.80. The minimum absolute atomic E-state index is 0.160. The van der Waals surface area contributed by atoms with Gasteiger partial charge in [0, 0.05) is 0 Å². The second kappa shape index (κ2) is 8.04. The van der Waals surface area contributed by atoms with Gasteiger partial charge in [-0.15, -0.1) is 0 Å². The zero-order valence-corrected chi connectivity index (χ0v) is 18.2. The van der Waals surface area contributed by atoms with Gasteiger partial charge in [-0.1, -0.05) is 59.9 Å². The van der Waals surface area contributed by atoms with Crippen LogP contribution in [0.1, 0.15) is 16.7 Å². The average Bonchev–Trinajstić information content (AvgIpc) is 3.21. The molecule has 0 fully saturated rings. The molecule has 1 unspecified atom stereocenters. The summed E-state index contributed by atoms with van der Waals surface area (Å²) in [7, 11) is 0. The van der Waals surface area contributed by atoms with Crippen molar-refractivity contribution in [2.75, 3.05) is 11.5 Å². The number of hydrogen-bond acceptors (Lipinski definition) is 5. The van der Waals surface area contributed by atoms with E-state index in [9.17, 15) is 4.79 Å². The van der Waals surface area contributed by atoms with Crippen LogP contribution >= 0.6 is 11.3 Å². The van der Waals surface area contributed by atoms with Crippen LogP contribution in [-0.2, 0) is 11.3 Å². The standard InChI is InChI=1S/C25H22N2O3S/c1-16-12-17(2)23-22(13-16)31-25(26-23)27(14-18-8-4-3-5-9-18)24(28)21-15-29-19-10-6-7-11-20(19)30-21/h3-13,21H,14-15H2,1-2H3. The maximum atomic E-state index is 13.6. The summed E-state index contributed by atoms with van der Waals surface area (Å²) >= 11 is 1.53. The number of carbonyl (C=O) groups is 1. The minimum atomic E-state index is -0.728. The molecule has 0 saturated carbocycles. The number of nitrogens with zero attached hydrogens (tertiary/aromatic N) is 2. The molecule has 0 saturated heterocycles. The first kappa shape index (κ1) is 19.6.